The lowest BCUT2D eigenvalue weighted by Crippen LogP contribution is -2.39. The molecule has 0 aliphatic carbocycles. The van der Waals surface area contributed by atoms with Crippen LogP contribution in [-0.4, -0.2) is 68.8 Å². The van der Waals surface area contributed by atoms with Crippen molar-refractivity contribution < 1.29 is 18.7 Å². The molecule has 2 aliphatic heterocycles. The standard InChI is InChI=1S/C26H33FN6O3/c1-4-24(34)31-9-5-18(6-10-31)17(2)32-16-19(14-29-32)25-21-7-11-36-12-8-23(21)33(30-25)20-13-22(27)26(35-3)28-15-20/h13-18H,4-12H2,1-3H3. The molecular formula is C26H33FN6O3. The summed E-state index contributed by atoms with van der Waals surface area (Å²) in [6, 6.07) is 1.61. The highest BCUT2D eigenvalue weighted by molar-refractivity contribution is 5.75. The van der Waals surface area contributed by atoms with E-state index in [1.165, 1.54) is 13.2 Å². The van der Waals surface area contributed by atoms with Crippen molar-refractivity contribution in [2.75, 3.05) is 33.4 Å². The lowest BCUT2D eigenvalue weighted by atomic mass is 9.90. The molecule has 3 aromatic rings. The summed E-state index contributed by atoms with van der Waals surface area (Å²) in [5.41, 5.74) is 4.42. The Hall–Kier alpha value is -3.27. The number of pyridine rings is 1. The molecule has 9 nitrogen and oxygen atoms in total. The van der Waals surface area contributed by atoms with Gasteiger partial charge < -0.3 is 14.4 Å². The van der Waals surface area contributed by atoms with Crippen LogP contribution in [0.4, 0.5) is 4.39 Å². The number of methoxy groups -OCH3 is 1. The summed E-state index contributed by atoms with van der Waals surface area (Å²) in [6.45, 7) is 6.91. The second-order valence-electron chi connectivity index (χ2n) is 9.50. The first kappa shape index (κ1) is 24.4. The zero-order valence-electron chi connectivity index (χ0n) is 21.1. The van der Waals surface area contributed by atoms with Gasteiger partial charge in [0, 0.05) is 49.3 Å². The Morgan fingerprint density at radius 1 is 1.25 bits per heavy atom. The number of nitrogens with zero attached hydrogens (tertiary/aromatic N) is 6. The minimum absolute atomic E-state index is 0.0410. The number of amides is 1. The van der Waals surface area contributed by atoms with Crippen molar-refractivity contribution in [1.29, 1.82) is 0 Å². The van der Waals surface area contributed by atoms with Gasteiger partial charge in [0.25, 0.3) is 0 Å². The van der Waals surface area contributed by atoms with Crippen molar-refractivity contribution >= 4 is 5.91 Å². The lowest BCUT2D eigenvalue weighted by Gasteiger charge is -2.34. The molecule has 1 amide bonds. The first-order valence-corrected chi connectivity index (χ1v) is 12.7. The third-order valence-corrected chi connectivity index (χ3v) is 7.47. The quantitative estimate of drug-likeness (QED) is 0.518. The molecule has 1 fully saturated rings. The first-order chi connectivity index (χ1) is 17.5. The Kier molecular flexibility index (Phi) is 7.04. The number of piperidine rings is 1. The van der Waals surface area contributed by atoms with Crippen molar-refractivity contribution in [1.82, 2.24) is 29.4 Å². The lowest BCUT2D eigenvalue weighted by molar-refractivity contribution is -0.132. The fraction of sp³-hybridized carbons (Fsp3) is 0.538. The Labute approximate surface area is 210 Å². The minimum Gasteiger partial charge on any atom is -0.479 e. The number of aromatic nitrogens is 5. The number of fused-ring (bicyclic) bond motifs is 1. The van der Waals surface area contributed by atoms with Gasteiger partial charge >= 0.3 is 0 Å². The number of halogens is 1. The molecule has 0 N–H and O–H groups in total. The van der Waals surface area contributed by atoms with Crippen LogP contribution in [0.3, 0.4) is 0 Å². The van der Waals surface area contributed by atoms with Crippen LogP contribution in [0.25, 0.3) is 16.9 Å². The molecule has 1 saturated heterocycles. The maximum Gasteiger partial charge on any atom is 0.250 e. The molecular weight excluding hydrogens is 463 g/mol. The molecule has 2 aliphatic rings. The number of ether oxygens (including phenoxy) is 2. The van der Waals surface area contributed by atoms with Crippen LogP contribution < -0.4 is 4.74 Å². The average molecular weight is 497 g/mol. The molecule has 3 aromatic heterocycles. The summed E-state index contributed by atoms with van der Waals surface area (Å²) in [5.74, 6) is 0.115. The largest absolute Gasteiger partial charge is 0.479 e. The topological polar surface area (TPSA) is 87.3 Å². The molecule has 5 rings (SSSR count). The molecule has 0 aromatic carbocycles. The van der Waals surface area contributed by atoms with E-state index in [1.807, 2.05) is 22.7 Å². The normalized spacial score (nSPS) is 17.5. The van der Waals surface area contributed by atoms with Gasteiger partial charge in [-0.2, -0.15) is 10.2 Å². The Balaban J connectivity index is 1.42. The van der Waals surface area contributed by atoms with Crippen molar-refractivity contribution in [2.45, 2.75) is 52.0 Å². The number of carbonyl (C=O) groups is 1. The fourth-order valence-corrected chi connectivity index (χ4v) is 5.33. The fourth-order valence-electron chi connectivity index (χ4n) is 5.33. The number of rotatable bonds is 6. The maximum absolute atomic E-state index is 14.4. The average Bonchev–Trinajstić information content (AvgIpc) is 3.45. The Morgan fingerprint density at radius 2 is 2.03 bits per heavy atom. The zero-order valence-corrected chi connectivity index (χ0v) is 21.1. The molecule has 1 unspecified atom stereocenters. The van der Waals surface area contributed by atoms with Gasteiger partial charge in [-0.15, -0.1) is 0 Å². The van der Waals surface area contributed by atoms with Crippen LogP contribution in [0.2, 0.25) is 0 Å². The van der Waals surface area contributed by atoms with E-state index in [4.69, 9.17) is 19.7 Å². The van der Waals surface area contributed by atoms with E-state index in [9.17, 15) is 9.18 Å². The third kappa shape index (κ3) is 4.61. The van der Waals surface area contributed by atoms with Gasteiger partial charge in [0.2, 0.25) is 11.8 Å². The summed E-state index contributed by atoms with van der Waals surface area (Å²) in [6.07, 6.45) is 9.39. The van der Waals surface area contributed by atoms with Crippen molar-refractivity contribution in [3.8, 4) is 22.8 Å². The third-order valence-electron chi connectivity index (χ3n) is 7.47. The van der Waals surface area contributed by atoms with Crippen molar-refractivity contribution in [3.05, 3.63) is 41.7 Å². The van der Waals surface area contributed by atoms with Gasteiger partial charge in [-0.05, 0) is 32.1 Å². The molecule has 0 spiro atoms. The SMILES string of the molecule is CCC(=O)N1CCC(C(C)n2cc(-c3nn(-c4cnc(OC)c(F)c4)c4c3CCOCC4)cn2)CC1. The van der Waals surface area contributed by atoms with Gasteiger partial charge in [0.1, 0.15) is 0 Å². The summed E-state index contributed by atoms with van der Waals surface area (Å²) < 4.78 is 28.9. The summed E-state index contributed by atoms with van der Waals surface area (Å²) in [4.78, 5) is 18.1. The van der Waals surface area contributed by atoms with Crippen molar-refractivity contribution in [3.63, 3.8) is 0 Å². The van der Waals surface area contributed by atoms with E-state index in [0.717, 1.165) is 54.9 Å². The monoisotopic (exact) mass is 496 g/mol. The van der Waals surface area contributed by atoms with Gasteiger partial charge in [-0.1, -0.05) is 6.92 Å². The van der Waals surface area contributed by atoms with Crippen LogP contribution in [0.1, 0.15) is 50.4 Å². The predicted molar refractivity (Wildman–Crippen MR) is 132 cm³/mol. The van der Waals surface area contributed by atoms with E-state index < -0.39 is 5.82 Å². The van der Waals surface area contributed by atoms with Crippen LogP contribution in [0, 0.1) is 11.7 Å². The molecule has 0 bridgehead atoms. The first-order valence-electron chi connectivity index (χ1n) is 12.7. The van der Waals surface area contributed by atoms with Crippen LogP contribution in [0.5, 0.6) is 5.88 Å². The van der Waals surface area contributed by atoms with Gasteiger partial charge in [-0.3, -0.25) is 9.48 Å². The molecule has 36 heavy (non-hydrogen) atoms. The summed E-state index contributed by atoms with van der Waals surface area (Å²) in [5, 5.41) is 9.61. The van der Waals surface area contributed by atoms with Crippen molar-refractivity contribution in [2.24, 2.45) is 5.92 Å². The summed E-state index contributed by atoms with van der Waals surface area (Å²) in [7, 11) is 1.40. The van der Waals surface area contributed by atoms with Crippen LogP contribution in [0.15, 0.2) is 24.7 Å². The van der Waals surface area contributed by atoms with Crippen LogP contribution >= 0.6 is 0 Å². The summed E-state index contributed by atoms with van der Waals surface area (Å²) >= 11 is 0. The molecule has 192 valence electrons. The van der Waals surface area contributed by atoms with E-state index >= 15 is 0 Å². The molecule has 0 radical (unpaired) electrons. The predicted octanol–water partition coefficient (Wildman–Crippen LogP) is 3.60. The molecule has 1 atom stereocenters. The van der Waals surface area contributed by atoms with E-state index in [2.05, 4.69) is 18.1 Å². The molecule has 5 heterocycles. The molecule has 0 saturated carbocycles. The zero-order chi connectivity index (χ0) is 25.2. The maximum atomic E-state index is 14.4. The van der Waals surface area contributed by atoms with E-state index in [-0.39, 0.29) is 17.8 Å². The minimum atomic E-state index is -0.529. The Morgan fingerprint density at radius 3 is 2.75 bits per heavy atom. The highest BCUT2D eigenvalue weighted by atomic mass is 19.1. The smallest absolute Gasteiger partial charge is 0.250 e. The van der Waals surface area contributed by atoms with Crippen LogP contribution in [-0.2, 0) is 22.4 Å². The highest BCUT2D eigenvalue weighted by Gasteiger charge is 2.28. The highest BCUT2D eigenvalue weighted by Crippen LogP contribution is 2.33. The number of likely N-dealkylation sites (tertiary alicyclic amines) is 1. The second-order valence-corrected chi connectivity index (χ2v) is 9.50. The van der Waals surface area contributed by atoms with E-state index in [0.29, 0.717) is 37.7 Å². The van der Waals surface area contributed by atoms with Gasteiger partial charge in [0.05, 0.1) is 55.8 Å². The number of carbonyl (C=O) groups excluding carboxylic acids is 1. The van der Waals surface area contributed by atoms with E-state index in [1.54, 1.807) is 10.9 Å². The van der Waals surface area contributed by atoms with Gasteiger partial charge in [0.15, 0.2) is 5.82 Å². The molecule has 10 heteroatoms. The van der Waals surface area contributed by atoms with Gasteiger partial charge in [-0.25, -0.2) is 14.1 Å². The Bertz CT molecular complexity index is 1230. The second kappa shape index (κ2) is 10.4. The number of hydrogen-bond acceptors (Lipinski definition) is 6. The number of hydrogen-bond donors (Lipinski definition) is 0.